The molecule has 0 radical (unpaired) electrons. The number of nitrogens with zero attached hydrogens (tertiary/aromatic N) is 3. The monoisotopic (exact) mass is 272 g/mol. The van der Waals surface area contributed by atoms with Crippen LogP contribution in [-0.4, -0.2) is 36.1 Å². The van der Waals surface area contributed by atoms with Crippen molar-refractivity contribution in [3.63, 3.8) is 0 Å². The number of aryl methyl sites for hydroxylation is 1. The predicted molar refractivity (Wildman–Crippen MR) is 71.6 cm³/mol. The number of unbranched alkanes of at least 4 members (excludes halogenated alkanes) is 1. The summed E-state index contributed by atoms with van der Waals surface area (Å²) in [5, 5.41) is 3.93. The molecule has 1 heterocycles. The molecule has 1 aromatic rings. The number of aromatic nitrogens is 2. The van der Waals surface area contributed by atoms with Crippen LogP contribution >= 0.6 is 0 Å². The van der Waals surface area contributed by atoms with E-state index in [1.54, 1.807) is 27.1 Å². The van der Waals surface area contributed by atoms with E-state index in [2.05, 4.69) is 11.7 Å². The van der Waals surface area contributed by atoms with E-state index in [-0.39, 0.29) is 10.7 Å². The molecule has 6 nitrogen and oxygen atoms in total. The molecule has 102 valence electrons. The van der Waals surface area contributed by atoms with E-state index >= 15 is 0 Å². The Labute approximate surface area is 108 Å². The van der Waals surface area contributed by atoms with Crippen LogP contribution < -0.4 is 5.73 Å². The number of nitrogen functional groups attached to an aromatic ring is 1. The van der Waals surface area contributed by atoms with E-state index in [1.165, 1.54) is 8.99 Å². The van der Waals surface area contributed by atoms with Crippen LogP contribution in [0.4, 0.5) is 5.82 Å². The van der Waals surface area contributed by atoms with Gasteiger partial charge >= 0.3 is 0 Å². The molecule has 0 saturated carbocycles. The Morgan fingerprint density at radius 3 is 2.61 bits per heavy atom. The van der Waals surface area contributed by atoms with Crippen molar-refractivity contribution in [1.82, 2.24) is 14.1 Å². The molecular weight excluding hydrogens is 252 g/mol. The number of nitrogens with two attached hydrogens (primary N) is 1. The topological polar surface area (TPSA) is 81.2 Å². The van der Waals surface area contributed by atoms with Crippen LogP contribution in [-0.2, 0) is 17.1 Å². The summed E-state index contributed by atoms with van der Waals surface area (Å²) >= 11 is 0. The minimum Gasteiger partial charge on any atom is -0.381 e. The van der Waals surface area contributed by atoms with Crippen LogP contribution in [0.15, 0.2) is 17.6 Å². The number of hydrogen-bond donors (Lipinski definition) is 1. The average Bonchev–Trinajstić information content (AvgIpc) is 2.53. The quantitative estimate of drug-likeness (QED) is 0.616. The first-order valence-corrected chi connectivity index (χ1v) is 7.12. The molecule has 0 aliphatic rings. The van der Waals surface area contributed by atoms with Gasteiger partial charge in [0.2, 0.25) is 10.0 Å². The van der Waals surface area contributed by atoms with Crippen molar-refractivity contribution >= 4 is 15.8 Å². The highest BCUT2D eigenvalue weighted by Crippen LogP contribution is 2.24. The number of allylic oxidation sites excluding steroid dienone is 1. The number of anilines is 1. The molecular formula is C11H20N4O2S. The highest BCUT2D eigenvalue weighted by atomic mass is 32.2. The summed E-state index contributed by atoms with van der Waals surface area (Å²) in [4.78, 5) is 0.103. The third kappa shape index (κ3) is 2.73. The molecule has 0 fully saturated rings. The maximum Gasteiger partial charge on any atom is 0.248 e. The van der Waals surface area contributed by atoms with Crippen molar-refractivity contribution in [2.24, 2.45) is 7.05 Å². The van der Waals surface area contributed by atoms with E-state index in [4.69, 9.17) is 5.73 Å². The third-order valence-corrected chi connectivity index (χ3v) is 4.88. The van der Waals surface area contributed by atoms with Crippen LogP contribution in [0, 0.1) is 6.92 Å². The van der Waals surface area contributed by atoms with Gasteiger partial charge in [-0.2, -0.15) is 5.10 Å². The SMILES string of the molecule is C=CCCCN(C)S(=O)(=O)c1c(N)nn(C)c1C. The molecule has 1 rings (SSSR count). The van der Waals surface area contributed by atoms with Crippen molar-refractivity contribution < 1.29 is 8.42 Å². The van der Waals surface area contributed by atoms with Gasteiger partial charge in [0.15, 0.2) is 5.82 Å². The zero-order chi connectivity index (χ0) is 13.9. The molecule has 18 heavy (non-hydrogen) atoms. The molecule has 0 saturated heterocycles. The summed E-state index contributed by atoms with van der Waals surface area (Å²) in [5.41, 5.74) is 6.21. The van der Waals surface area contributed by atoms with E-state index in [0.717, 1.165) is 12.8 Å². The van der Waals surface area contributed by atoms with Crippen molar-refractivity contribution in [3.05, 3.63) is 18.3 Å². The maximum atomic E-state index is 12.3. The fraction of sp³-hybridized carbons (Fsp3) is 0.545. The lowest BCUT2D eigenvalue weighted by Gasteiger charge is -2.16. The molecule has 0 aromatic carbocycles. The number of rotatable bonds is 6. The standard InChI is InChI=1S/C11H20N4O2S/c1-5-6-7-8-14(3)18(16,17)10-9(2)15(4)13-11(10)12/h5H,1,6-8H2,2-4H3,(H2,12,13). The summed E-state index contributed by atoms with van der Waals surface area (Å²) in [6.45, 7) is 5.73. The van der Waals surface area contributed by atoms with Crippen LogP contribution in [0.3, 0.4) is 0 Å². The fourth-order valence-corrected chi connectivity index (χ4v) is 3.16. The molecule has 0 bridgehead atoms. The molecule has 0 amide bonds. The van der Waals surface area contributed by atoms with E-state index in [9.17, 15) is 8.42 Å². The van der Waals surface area contributed by atoms with Crippen LogP contribution in [0.1, 0.15) is 18.5 Å². The molecule has 1 aromatic heterocycles. The Balaban J connectivity index is 3.02. The highest BCUT2D eigenvalue weighted by Gasteiger charge is 2.28. The van der Waals surface area contributed by atoms with Gasteiger partial charge < -0.3 is 5.73 Å². The van der Waals surface area contributed by atoms with Gasteiger partial charge in [-0.25, -0.2) is 12.7 Å². The first-order valence-electron chi connectivity index (χ1n) is 5.68. The van der Waals surface area contributed by atoms with Crippen molar-refractivity contribution in [3.8, 4) is 0 Å². The van der Waals surface area contributed by atoms with Gasteiger partial charge in [0.05, 0.1) is 5.69 Å². The van der Waals surface area contributed by atoms with Crippen LogP contribution in [0.2, 0.25) is 0 Å². The first kappa shape index (κ1) is 14.7. The molecule has 0 aliphatic heterocycles. The fourth-order valence-electron chi connectivity index (χ4n) is 1.67. The Morgan fingerprint density at radius 1 is 1.56 bits per heavy atom. The van der Waals surface area contributed by atoms with Gasteiger partial charge in [0, 0.05) is 20.6 Å². The van der Waals surface area contributed by atoms with E-state index < -0.39 is 10.0 Å². The number of hydrogen-bond acceptors (Lipinski definition) is 4. The lowest BCUT2D eigenvalue weighted by molar-refractivity contribution is 0.462. The van der Waals surface area contributed by atoms with Crippen LogP contribution in [0.25, 0.3) is 0 Å². The lowest BCUT2D eigenvalue weighted by Crippen LogP contribution is -2.28. The minimum absolute atomic E-state index is 0.0468. The summed E-state index contributed by atoms with van der Waals surface area (Å²) < 4.78 is 27.5. The van der Waals surface area contributed by atoms with Gasteiger partial charge in [-0.05, 0) is 19.8 Å². The largest absolute Gasteiger partial charge is 0.381 e. The van der Waals surface area contributed by atoms with Gasteiger partial charge in [0.25, 0.3) is 0 Å². The zero-order valence-electron chi connectivity index (χ0n) is 11.0. The second-order valence-corrected chi connectivity index (χ2v) is 6.16. The molecule has 7 heteroatoms. The Hall–Kier alpha value is -1.34. The van der Waals surface area contributed by atoms with Crippen molar-refractivity contribution in [2.75, 3.05) is 19.3 Å². The normalized spacial score (nSPS) is 12.0. The predicted octanol–water partition coefficient (Wildman–Crippen LogP) is 0.897. The Kier molecular flexibility index (Phi) is 4.53. The van der Waals surface area contributed by atoms with Gasteiger partial charge in [-0.15, -0.1) is 6.58 Å². The third-order valence-electron chi connectivity index (χ3n) is 2.85. The maximum absolute atomic E-state index is 12.3. The smallest absolute Gasteiger partial charge is 0.248 e. The average molecular weight is 272 g/mol. The zero-order valence-corrected chi connectivity index (χ0v) is 11.9. The molecule has 0 aliphatic carbocycles. The Morgan fingerprint density at radius 2 is 2.17 bits per heavy atom. The summed E-state index contributed by atoms with van der Waals surface area (Å²) in [7, 11) is -0.354. The van der Waals surface area contributed by atoms with Gasteiger partial charge in [-0.1, -0.05) is 6.08 Å². The Bertz CT molecular complexity index is 533. The first-order chi connectivity index (χ1) is 8.32. The van der Waals surface area contributed by atoms with Crippen molar-refractivity contribution in [2.45, 2.75) is 24.7 Å². The van der Waals surface area contributed by atoms with E-state index in [1.807, 2.05) is 0 Å². The molecule has 0 unspecified atom stereocenters. The van der Waals surface area contributed by atoms with Crippen LogP contribution in [0.5, 0.6) is 0 Å². The molecule has 2 N–H and O–H groups in total. The lowest BCUT2D eigenvalue weighted by atomic mass is 10.3. The second-order valence-electron chi connectivity index (χ2n) is 4.18. The summed E-state index contributed by atoms with van der Waals surface area (Å²) in [6, 6.07) is 0. The van der Waals surface area contributed by atoms with Crippen molar-refractivity contribution in [1.29, 1.82) is 0 Å². The summed E-state index contributed by atoms with van der Waals surface area (Å²) in [6.07, 6.45) is 3.28. The van der Waals surface area contributed by atoms with E-state index in [0.29, 0.717) is 12.2 Å². The molecule has 0 atom stereocenters. The van der Waals surface area contributed by atoms with Gasteiger partial charge in [0.1, 0.15) is 4.90 Å². The molecule has 0 spiro atoms. The minimum atomic E-state index is -3.57. The van der Waals surface area contributed by atoms with Gasteiger partial charge in [-0.3, -0.25) is 4.68 Å². The highest BCUT2D eigenvalue weighted by molar-refractivity contribution is 7.89. The second kappa shape index (κ2) is 5.53. The number of sulfonamides is 1. The summed E-state index contributed by atoms with van der Waals surface area (Å²) in [5.74, 6) is 0.0468.